The van der Waals surface area contributed by atoms with Crippen molar-refractivity contribution in [3.63, 3.8) is 0 Å². The van der Waals surface area contributed by atoms with Gasteiger partial charge in [0, 0.05) is 24.4 Å². The van der Waals surface area contributed by atoms with Crippen molar-refractivity contribution in [3.05, 3.63) is 65.5 Å². The van der Waals surface area contributed by atoms with Gasteiger partial charge in [-0.3, -0.25) is 9.88 Å². The van der Waals surface area contributed by atoms with Crippen molar-refractivity contribution in [2.45, 2.75) is 36.9 Å². The lowest BCUT2D eigenvalue weighted by Gasteiger charge is -2.42. The molecule has 3 N–H and O–H groups in total. The predicted octanol–water partition coefficient (Wildman–Crippen LogP) is 1.99. The first-order valence-corrected chi connectivity index (χ1v) is 8.35. The average Bonchev–Trinajstić information content (AvgIpc) is 2.81. The van der Waals surface area contributed by atoms with Crippen LogP contribution in [0, 0.1) is 0 Å². The summed E-state index contributed by atoms with van der Waals surface area (Å²) >= 11 is 0. The molecular formula is C19H23N3O. The Kier molecular flexibility index (Phi) is 3.68. The molecule has 1 aromatic heterocycles. The molecule has 4 rings (SSSR count). The minimum absolute atomic E-state index is 0.165. The molecule has 0 saturated carbocycles. The zero-order valence-electron chi connectivity index (χ0n) is 13.2. The van der Waals surface area contributed by atoms with Crippen LogP contribution in [-0.4, -0.2) is 34.2 Å². The number of hydrogen-bond donors (Lipinski definition) is 2. The molecule has 120 valence electrons. The molecule has 2 aliphatic rings. The van der Waals surface area contributed by atoms with Gasteiger partial charge >= 0.3 is 0 Å². The molecule has 1 spiro atoms. The van der Waals surface area contributed by atoms with Gasteiger partial charge in [-0.15, -0.1) is 0 Å². The van der Waals surface area contributed by atoms with Gasteiger partial charge in [-0.05, 0) is 48.7 Å². The molecule has 1 aliphatic heterocycles. The number of rotatable bonds is 2. The number of piperidine rings is 1. The summed E-state index contributed by atoms with van der Waals surface area (Å²) in [5.41, 5.74) is 9.75. The summed E-state index contributed by atoms with van der Waals surface area (Å²) in [4.78, 5) is 6.64. The fraction of sp³-hybridized carbons (Fsp3) is 0.421. The van der Waals surface area contributed by atoms with Gasteiger partial charge in [0.05, 0.1) is 12.1 Å². The van der Waals surface area contributed by atoms with Gasteiger partial charge in [-0.2, -0.15) is 0 Å². The van der Waals surface area contributed by atoms with E-state index in [-0.39, 0.29) is 11.5 Å². The van der Waals surface area contributed by atoms with E-state index in [0.717, 1.165) is 38.0 Å². The molecular weight excluding hydrogens is 286 g/mol. The van der Waals surface area contributed by atoms with Crippen molar-refractivity contribution in [1.82, 2.24) is 9.88 Å². The quantitative estimate of drug-likeness (QED) is 0.890. The molecule has 2 atom stereocenters. The number of likely N-dealkylation sites (tertiary alicyclic amines) is 1. The van der Waals surface area contributed by atoms with Crippen LogP contribution in [0.15, 0.2) is 48.8 Å². The first-order chi connectivity index (χ1) is 11.2. The van der Waals surface area contributed by atoms with Crippen molar-refractivity contribution in [2.75, 3.05) is 13.1 Å². The fourth-order valence-electron chi connectivity index (χ4n) is 4.34. The Labute approximate surface area is 137 Å². The maximum Gasteiger partial charge on any atom is 0.0830 e. The second-order valence-electron chi connectivity index (χ2n) is 6.85. The maximum atomic E-state index is 10.8. The second kappa shape index (κ2) is 5.71. The zero-order chi connectivity index (χ0) is 15.9. The van der Waals surface area contributed by atoms with Gasteiger partial charge in [0.1, 0.15) is 0 Å². The third kappa shape index (κ3) is 2.38. The van der Waals surface area contributed by atoms with Crippen molar-refractivity contribution in [2.24, 2.45) is 5.73 Å². The van der Waals surface area contributed by atoms with Gasteiger partial charge in [0.2, 0.25) is 0 Å². The number of aliphatic hydroxyl groups is 1. The van der Waals surface area contributed by atoms with Crippen LogP contribution in [-0.2, 0) is 12.0 Å². The van der Waals surface area contributed by atoms with Gasteiger partial charge in [0.25, 0.3) is 0 Å². The molecule has 2 heterocycles. The average molecular weight is 309 g/mol. The minimum atomic E-state index is -0.472. The van der Waals surface area contributed by atoms with E-state index in [1.165, 1.54) is 11.1 Å². The third-order valence-electron chi connectivity index (χ3n) is 5.64. The highest BCUT2D eigenvalue weighted by Crippen LogP contribution is 2.50. The highest BCUT2D eigenvalue weighted by atomic mass is 16.3. The van der Waals surface area contributed by atoms with Crippen molar-refractivity contribution >= 4 is 0 Å². The summed E-state index contributed by atoms with van der Waals surface area (Å²) in [6.07, 6.45) is 5.18. The molecule has 1 fully saturated rings. The molecule has 0 bridgehead atoms. The van der Waals surface area contributed by atoms with Gasteiger partial charge < -0.3 is 10.8 Å². The van der Waals surface area contributed by atoms with Crippen LogP contribution in [0.2, 0.25) is 0 Å². The standard InChI is InChI=1S/C19H23N3O/c20-17-15-5-1-2-6-16(15)19(18(17)23)7-10-22(11-8-19)13-14-4-3-9-21-12-14/h1-6,9,12,17-18,23H,7-8,10-11,13,20H2/t17-,18+/m1/s1. The van der Waals surface area contributed by atoms with Crippen LogP contribution in [0.5, 0.6) is 0 Å². The monoisotopic (exact) mass is 309 g/mol. The number of pyridine rings is 1. The number of nitrogens with two attached hydrogens (primary N) is 1. The fourth-order valence-corrected chi connectivity index (χ4v) is 4.34. The molecule has 1 aromatic carbocycles. The number of aliphatic hydroxyl groups excluding tert-OH is 1. The van der Waals surface area contributed by atoms with E-state index in [9.17, 15) is 5.11 Å². The molecule has 1 aliphatic carbocycles. The SMILES string of the molecule is N[C@@H]1c2ccccc2C2(CCN(Cc3cccnc3)CC2)[C@H]1O. The Morgan fingerprint density at radius 1 is 1.17 bits per heavy atom. The highest BCUT2D eigenvalue weighted by Gasteiger charge is 2.51. The van der Waals surface area contributed by atoms with Crippen LogP contribution in [0.4, 0.5) is 0 Å². The number of aromatic nitrogens is 1. The second-order valence-corrected chi connectivity index (χ2v) is 6.85. The van der Waals surface area contributed by atoms with Crippen LogP contribution in [0.25, 0.3) is 0 Å². The molecule has 23 heavy (non-hydrogen) atoms. The summed E-state index contributed by atoms with van der Waals surface area (Å²) in [6.45, 7) is 2.88. The molecule has 1 saturated heterocycles. The Bertz CT molecular complexity index is 680. The van der Waals surface area contributed by atoms with E-state index < -0.39 is 6.10 Å². The summed E-state index contributed by atoms with van der Waals surface area (Å²) < 4.78 is 0. The number of nitrogens with zero attached hydrogens (tertiary/aromatic N) is 2. The number of hydrogen-bond acceptors (Lipinski definition) is 4. The van der Waals surface area contributed by atoms with Crippen molar-refractivity contribution in [3.8, 4) is 0 Å². The summed E-state index contributed by atoms with van der Waals surface area (Å²) in [6, 6.07) is 12.2. The molecule has 2 aromatic rings. The zero-order valence-corrected chi connectivity index (χ0v) is 13.2. The lowest BCUT2D eigenvalue weighted by atomic mass is 9.72. The smallest absolute Gasteiger partial charge is 0.0830 e. The Balaban J connectivity index is 1.53. The van der Waals surface area contributed by atoms with Gasteiger partial charge in [-0.25, -0.2) is 0 Å². The molecule has 0 amide bonds. The minimum Gasteiger partial charge on any atom is -0.390 e. The van der Waals surface area contributed by atoms with E-state index in [1.54, 1.807) is 0 Å². The van der Waals surface area contributed by atoms with Crippen LogP contribution >= 0.6 is 0 Å². The Morgan fingerprint density at radius 3 is 2.70 bits per heavy atom. The Hall–Kier alpha value is -1.75. The molecule has 4 heteroatoms. The number of benzene rings is 1. The van der Waals surface area contributed by atoms with E-state index in [2.05, 4.69) is 34.1 Å². The third-order valence-corrected chi connectivity index (χ3v) is 5.64. The van der Waals surface area contributed by atoms with E-state index in [4.69, 9.17) is 5.73 Å². The maximum absolute atomic E-state index is 10.8. The van der Waals surface area contributed by atoms with E-state index >= 15 is 0 Å². The van der Waals surface area contributed by atoms with Crippen molar-refractivity contribution in [1.29, 1.82) is 0 Å². The van der Waals surface area contributed by atoms with E-state index in [1.807, 2.05) is 24.5 Å². The van der Waals surface area contributed by atoms with Gasteiger partial charge in [-0.1, -0.05) is 30.3 Å². The predicted molar refractivity (Wildman–Crippen MR) is 89.8 cm³/mol. The topological polar surface area (TPSA) is 62.4 Å². The van der Waals surface area contributed by atoms with Gasteiger partial charge in [0.15, 0.2) is 0 Å². The molecule has 0 radical (unpaired) electrons. The summed E-state index contributed by atoms with van der Waals surface area (Å²) in [5.74, 6) is 0. The largest absolute Gasteiger partial charge is 0.390 e. The lowest BCUT2D eigenvalue weighted by molar-refractivity contribution is 0.0271. The Morgan fingerprint density at radius 2 is 1.96 bits per heavy atom. The van der Waals surface area contributed by atoms with Crippen LogP contribution < -0.4 is 5.73 Å². The number of fused-ring (bicyclic) bond motifs is 2. The van der Waals surface area contributed by atoms with E-state index in [0.29, 0.717) is 0 Å². The molecule has 0 unspecified atom stereocenters. The first kappa shape index (κ1) is 14.8. The van der Waals surface area contributed by atoms with Crippen LogP contribution in [0.1, 0.15) is 35.6 Å². The molecule has 4 nitrogen and oxygen atoms in total. The van der Waals surface area contributed by atoms with Crippen molar-refractivity contribution < 1.29 is 5.11 Å². The van der Waals surface area contributed by atoms with Crippen LogP contribution in [0.3, 0.4) is 0 Å². The highest BCUT2D eigenvalue weighted by molar-refractivity contribution is 5.45. The normalized spacial score (nSPS) is 26.3. The summed E-state index contributed by atoms with van der Waals surface area (Å²) in [5, 5.41) is 10.8. The first-order valence-electron chi connectivity index (χ1n) is 8.35. The lowest BCUT2D eigenvalue weighted by Crippen LogP contribution is -2.48. The summed E-state index contributed by atoms with van der Waals surface area (Å²) in [7, 11) is 0.